The van der Waals surface area contributed by atoms with Crippen molar-refractivity contribution in [3.05, 3.63) is 96.1 Å². The van der Waals surface area contributed by atoms with Gasteiger partial charge >= 0.3 is 0 Å². The summed E-state index contributed by atoms with van der Waals surface area (Å²) >= 11 is 0. The summed E-state index contributed by atoms with van der Waals surface area (Å²) in [6, 6.07) is 14.6. The highest BCUT2D eigenvalue weighted by molar-refractivity contribution is 5.66. The molecule has 0 heteroatoms. The van der Waals surface area contributed by atoms with Crippen LogP contribution in [-0.4, -0.2) is 0 Å². The molecule has 0 nitrogen and oxygen atoms in total. The number of benzene rings is 2. The van der Waals surface area contributed by atoms with E-state index in [1.165, 1.54) is 99.3 Å². The molecule has 8 fully saturated rings. The van der Waals surface area contributed by atoms with Gasteiger partial charge in [-0.25, -0.2) is 0 Å². The second-order valence-electron chi connectivity index (χ2n) is 15.5. The van der Waals surface area contributed by atoms with Gasteiger partial charge in [-0.2, -0.15) is 0 Å². The highest BCUT2D eigenvalue weighted by atomic mass is 14.7. The monoisotopic (exact) mass is 526 g/mol. The van der Waals surface area contributed by atoms with E-state index >= 15 is 0 Å². The Morgan fingerprint density at radius 2 is 0.825 bits per heavy atom. The van der Waals surface area contributed by atoms with Gasteiger partial charge in [0.2, 0.25) is 0 Å². The lowest BCUT2D eigenvalue weighted by Gasteiger charge is -2.74. The van der Waals surface area contributed by atoms with Crippen LogP contribution in [0.1, 0.15) is 110 Å². The molecule has 10 rings (SSSR count). The Morgan fingerprint density at radius 1 is 0.475 bits per heavy atom. The number of rotatable bonds is 7. The lowest BCUT2D eigenvalue weighted by Crippen LogP contribution is -2.66. The molecular weight excluding hydrogens is 480 g/mol. The summed E-state index contributed by atoms with van der Waals surface area (Å²) in [5.74, 6) is 3.65. The molecule has 0 aliphatic heterocycles. The minimum atomic E-state index is 0.361. The van der Waals surface area contributed by atoms with Crippen molar-refractivity contribution in [2.24, 2.45) is 34.5 Å². The Kier molecular flexibility index (Phi) is 5.32. The zero-order valence-electron chi connectivity index (χ0n) is 24.4. The molecule has 2 aromatic rings. The van der Waals surface area contributed by atoms with Gasteiger partial charge in [-0.3, -0.25) is 0 Å². The minimum absolute atomic E-state index is 0.361. The van der Waals surface area contributed by atoms with E-state index < -0.39 is 0 Å². The summed E-state index contributed by atoms with van der Waals surface area (Å²) in [5.41, 5.74) is 9.98. The van der Waals surface area contributed by atoms with Crippen molar-refractivity contribution in [1.29, 1.82) is 0 Å². The SMILES string of the molecule is C=Cc1ccc(C23CC4CC(C2)CC(C25CC6CC(CC(c7ccc(C=C)c(C=C)c7)(C6)C2)C5)(C4)C3)cc1C=C. The molecule has 0 N–H and O–H groups in total. The van der Waals surface area contributed by atoms with Gasteiger partial charge < -0.3 is 0 Å². The van der Waals surface area contributed by atoms with Crippen molar-refractivity contribution in [1.82, 2.24) is 0 Å². The van der Waals surface area contributed by atoms with Crippen LogP contribution in [-0.2, 0) is 10.8 Å². The van der Waals surface area contributed by atoms with Crippen LogP contribution in [0.3, 0.4) is 0 Å². The lowest BCUT2D eigenvalue weighted by atomic mass is 9.30. The Bertz CT molecular complexity index is 1290. The summed E-state index contributed by atoms with van der Waals surface area (Å²) in [7, 11) is 0. The van der Waals surface area contributed by atoms with Crippen molar-refractivity contribution < 1.29 is 0 Å². The summed E-state index contributed by atoms with van der Waals surface area (Å²) in [6.45, 7) is 16.5. The first-order valence-electron chi connectivity index (χ1n) is 16.2. The van der Waals surface area contributed by atoms with Crippen LogP contribution in [0.25, 0.3) is 24.3 Å². The van der Waals surface area contributed by atoms with Gasteiger partial charge in [-0.1, -0.05) is 87.0 Å². The topological polar surface area (TPSA) is 0 Å². The highest BCUT2D eigenvalue weighted by Gasteiger charge is 2.70. The van der Waals surface area contributed by atoms with Crippen molar-refractivity contribution in [2.45, 2.75) is 87.9 Å². The summed E-state index contributed by atoms with van der Waals surface area (Å²) < 4.78 is 0. The molecular formula is C40H46. The van der Waals surface area contributed by atoms with E-state index in [2.05, 4.69) is 74.9 Å². The van der Waals surface area contributed by atoms with Crippen molar-refractivity contribution in [3.8, 4) is 0 Å². The van der Waals surface area contributed by atoms with Gasteiger partial charge in [-0.15, -0.1) is 0 Å². The van der Waals surface area contributed by atoms with E-state index in [0.717, 1.165) is 23.7 Å². The molecule has 8 bridgehead atoms. The smallest absolute Gasteiger partial charge is 0.00360 e. The van der Waals surface area contributed by atoms with Gasteiger partial charge in [-0.05, 0) is 156 Å². The Hall–Kier alpha value is -2.60. The van der Waals surface area contributed by atoms with E-state index in [0.29, 0.717) is 21.7 Å². The lowest BCUT2D eigenvalue weighted by molar-refractivity contribution is -0.212. The van der Waals surface area contributed by atoms with Crippen LogP contribution >= 0.6 is 0 Å². The van der Waals surface area contributed by atoms with Crippen LogP contribution in [0.2, 0.25) is 0 Å². The Morgan fingerprint density at radius 3 is 1.15 bits per heavy atom. The second-order valence-corrected chi connectivity index (χ2v) is 15.5. The molecule has 0 spiro atoms. The molecule has 0 aromatic heterocycles. The van der Waals surface area contributed by atoms with E-state index in [4.69, 9.17) is 0 Å². The summed E-state index contributed by atoms with van der Waals surface area (Å²) in [5, 5.41) is 0. The van der Waals surface area contributed by atoms with E-state index in [1.54, 1.807) is 11.1 Å². The van der Waals surface area contributed by atoms with Gasteiger partial charge in [0.05, 0.1) is 0 Å². The Labute approximate surface area is 242 Å². The first kappa shape index (κ1) is 25.1. The first-order valence-corrected chi connectivity index (χ1v) is 16.2. The maximum Gasteiger partial charge on any atom is -0.00360 e. The van der Waals surface area contributed by atoms with Crippen molar-refractivity contribution in [3.63, 3.8) is 0 Å². The van der Waals surface area contributed by atoms with Crippen molar-refractivity contribution >= 4 is 24.3 Å². The zero-order valence-corrected chi connectivity index (χ0v) is 24.4. The summed E-state index contributed by atoms with van der Waals surface area (Å²) in [4.78, 5) is 0. The summed E-state index contributed by atoms with van der Waals surface area (Å²) in [6.07, 6.45) is 25.6. The van der Waals surface area contributed by atoms with Gasteiger partial charge in [0.1, 0.15) is 0 Å². The molecule has 0 radical (unpaired) electrons. The third-order valence-corrected chi connectivity index (χ3v) is 13.5. The predicted molar refractivity (Wildman–Crippen MR) is 171 cm³/mol. The van der Waals surface area contributed by atoms with Crippen LogP contribution in [0.5, 0.6) is 0 Å². The molecule has 2 aromatic carbocycles. The highest BCUT2D eigenvalue weighted by Crippen LogP contribution is 2.78. The van der Waals surface area contributed by atoms with E-state index in [9.17, 15) is 0 Å². The van der Waals surface area contributed by atoms with Crippen LogP contribution in [0.4, 0.5) is 0 Å². The fourth-order valence-electron chi connectivity index (χ4n) is 13.0. The molecule has 0 saturated heterocycles. The normalized spacial score (nSPS) is 42.1. The molecule has 4 atom stereocenters. The van der Waals surface area contributed by atoms with Crippen LogP contribution in [0, 0.1) is 34.5 Å². The zero-order chi connectivity index (χ0) is 27.3. The predicted octanol–water partition coefficient (Wildman–Crippen LogP) is 10.6. The van der Waals surface area contributed by atoms with Gasteiger partial charge in [0, 0.05) is 0 Å². The van der Waals surface area contributed by atoms with Gasteiger partial charge in [0.15, 0.2) is 0 Å². The average molecular weight is 527 g/mol. The van der Waals surface area contributed by atoms with Crippen LogP contribution in [0.15, 0.2) is 62.7 Å². The number of hydrogen-bond acceptors (Lipinski definition) is 0. The standard InChI is InChI=1S/C40H46/c1-5-31-9-11-35(15-33(31)7-3)37-17-27-13-28(18-37)22-39(21-27,25-37)40-23-29-14-30(24-40)20-38(19-29,26-40)36-12-10-32(6-2)34(8-4)16-36/h5-12,15-16,27-30H,1-4,13-14,17-26H2. The molecule has 8 aliphatic carbocycles. The fraction of sp³-hybridized carbons (Fsp3) is 0.500. The molecule has 0 amide bonds. The average Bonchev–Trinajstić information content (AvgIpc) is 2.95. The fourth-order valence-corrected chi connectivity index (χ4v) is 13.0. The first-order chi connectivity index (χ1) is 19.4. The quantitative estimate of drug-likeness (QED) is 0.336. The maximum atomic E-state index is 4.17. The molecule has 0 heterocycles. The minimum Gasteiger partial charge on any atom is -0.0984 e. The third-order valence-electron chi connectivity index (χ3n) is 13.5. The largest absolute Gasteiger partial charge is 0.0984 e. The van der Waals surface area contributed by atoms with Crippen LogP contribution < -0.4 is 0 Å². The Balaban J connectivity index is 1.22. The molecule has 40 heavy (non-hydrogen) atoms. The molecule has 8 saturated carbocycles. The molecule has 4 unspecified atom stereocenters. The van der Waals surface area contributed by atoms with E-state index in [-0.39, 0.29) is 0 Å². The third kappa shape index (κ3) is 3.32. The van der Waals surface area contributed by atoms with E-state index in [1.807, 2.05) is 12.2 Å². The maximum absolute atomic E-state index is 4.17. The molecule has 206 valence electrons. The second kappa shape index (κ2) is 8.47. The van der Waals surface area contributed by atoms with Crippen molar-refractivity contribution in [2.75, 3.05) is 0 Å². The van der Waals surface area contributed by atoms with Gasteiger partial charge in [0.25, 0.3) is 0 Å². The molecule has 8 aliphatic rings. The number of hydrogen-bond donors (Lipinski definition) is 0.